The molecular weight excluding hydrogens is 626 g/mol. The summed E-state index contributed by atoms with van der Waals surface area (Å²) in [5.41, 5.74) is 13.4. The summed E-state index contributed by atoms with van der Waals surface area (Å²) >= 11 is 2.18. The maximum Gasteiger partial charge on any atom is 0.0815 e. The molecule has 11 rings (SSSR count). The Kier molecular flexibility index (Phi) is 5.43. The molecule has 226 valence electrons. The number of rotatable bonds is 3. The van der Waals surface area contributed by atoms with Crippen LogP contribution >= 0.6 is 23.5 Å². The second-order valence-electron chi connectivity index (χ2n) is 13.0. The van der Waals surface area contributed by atoms with Crippen molar-refractivity contribution in [2.75, 3.05) is 0 Å². The van der Waals surface area contributed by atoms with E-state index in [4.69, 9.17) is 0 Å². The lowest BCUT2D eigenvalue weighted by Gasteiger charge is -2.30. The normalized spacial score (nSPS) is 13.9. The molecule has 2 aliphatic rings. The van der Waals surface area contributed by atoms with Crippen molar-refractivity contribution in [2.24, 2.45) is 0 Å². The first-order chi connectivity index (χ1) is 23.8. The standard InChI is InChI=1S/C44H26FNS2/c45-48-39-19-9-1-11-26(39)25-46-38-24-41-33(29-14-5-10-20-40(29)47-41)23-32(38)30-21-22-37-42(43(30)46)31-15-4-8-18-36(31)44(37)34-16-6-2-12-27(34)28-13-3-7-17-35(28)44/h1-24H,25H2. The third-order valence-corrected chi connectivity index (χ3v) is 12.6. The first-order valence-corrected chi connectivity index (χ1v) is 17.9. The number of halogens is 1. The average Bonchev–Trinajstić information content (AvgIpc) is 3.84. The van der Waals surface area contributed by atoms with E-state index < -0.39 is 5.41 Å². The van der Waals surface area contributed by atoms with Gasteiger partial charge in [-0.25, -0.2) is 0 Å². The van der Waals surface area contributed by atoms with Gasteiger partial charge in [-0.2, -0.15) is 3.89 Å². The van der Waals surface area contributed by atoms with Crippen molar-refractivity contribution < 1.29 is 3.89 Å². The van der Waals surface area contributed by atoms with Gasteiger partial charge in [-0.1, -0.05) is 121 Å². The summed E-state index contributed by atoms with van der Waals surface area (Å²) in [5, 5.41) is 5.06. The van der Waals surface area contributed by atoms with E-state index in [-0.39, 0.29) is 0 Å². The van der Waals surface area contributed by atoms with Crippen molar-refractivity contribution in [3.05, 3.63) is 173 Å². The fourth-order valence-electron chi connectivity index (χ4n) is 9.03. The molecule has 1 spiro atoms. The summed E-state index contributed by atoms with van der Waals surface area (Å²) < 4.78 is 19.4. The van der Waals surface area contributed by atoms with Gasteiger partial charge in [0.1, 0.15) is 0 Å². The molecule has 7 aromatic carbocycles. The molecule has 0 amide bonds. The quantitative estimate of drug-likeness (QED) is 0.184. The molecule has 0 aliphatic heterocycles. The predicted molar refractivity (Wildman–Crippen MR) is 201 cm³/mol. The molecule has 2 heterocycles. The predicted octanol–water partition coefficient (Wildman–Crippen LogP) is 12.5. The third-order valence-electron chi connectivity index (χ3n) is 10.9. The number of benzene rings is 7. The first-order valence-electron chi connectivity index (χ1n) is 16.3. The van der Waals surface area contributed by atoms with Gasteiger partial charge in [-0.15, -0.1) is 11.3 Å². The van der Waals surface area contributed by atoms with Gasteiger partial charge in [-0.05, 0) is 68.8 Å². The molecule has 2 aromatic heterocycles. The molecule has 0 fully saturated rings. The van der Waals surface area contributed by atoms with Gasteiger partial charge in [0.2, 0.25) is 0 Å². The Hall–Kier alpha value is -5.16. The van der Waals surface area contributed by atoms with Gasteiger partial charge in [0.25, 0.3) is 0 Å². The highest BCUT2D eigenvalue weighted by molar-refractivity contribution is 7.94. The fraction of sp³-hybridized carbons (Fsp3) is 0.0455. The van der Waals surface area contributed by atoms with Crippen molar-refractivity contribution in [2.45, 2.75) is 16.9 Å². The van der Waals surface area contributed by atoms with Crippen LogP contribution in [0.5, 0.6) is 0 Å². The van der Waals surface area contributed by atoms with Crippen molar-refractivity contribution in [3.8, 4) is 22.3 Å². The molecule has 1 nitrogen and oxygen atoms in total. The third kappa shape index (κ3) is 3.27. The lowest BCUT2D eigenvalue weighted by molar-refractivity contribution is 0.793. The molecule has 48 heavy (non-hydrogen) atoms. The molecule has 0 saturated heterocycles. The summed E-state index contributed by atoms with van der Waals surface area (Å²) in [5.74, 6) is 0. The van der Waals surface area contributed by atoms with Gasteiger partial charge in [0.15, 0.2) is 0 Å². The van der Waals surface area contributed by atoms with E-state index in [1.807, 2.05) is 29.5 Å². The number of hydrogen-bond acceptors (Lipinski definition) is 2. The first kappa shape index (κ1) is 26.9. The highest BCUT2D eigenvalue weighted by Gasteiger charge is 2.52. The molecular formula is C44H26FNS2. The Morgan fingerprint density at radius 1 is 0.542 bits per heavy atom. The highest BCUT2D eigenvalue weighted by Crippen LogP contribution is 2.64. The maximum atomic E-state index is 14.4. The molecule has 9 aromatic rings. The van der Waals surface area contributed by atoms with Gasteiger partial charge >= 0.3 is 0 Å². The van der Waals surface area contributed by atoms with Crippen LogP contribution in [0.1, 0.15) is 27.8 Å². The minimum absolute atomic E-state index is 0.336. The smallest absolute Gasteiger partial charge is 0.0815 e. The van der Waals surface area contributed by atoms with E-state index in [2.05, 4.69) is 132 Å². The van der Waals surface area contributed by atoms with Crippen LogP contribution in [0.4, 0.5) is 3.89 Å². The Bertz CT molecular complexity index is 2780. The summed E-state index contributed by atoms with van der Waals surface area (Å²) in [4.78, 5) is 0.665. The van der Waals surface area contributed by atoms with E-state index in [1.54, 1.807) is 0 Å². The van der Waals surface area contributed by atoms with E-state index in [1.165, 1.54) is 86.5 Å². The van der Waals surface area contributed by atoms with Crippen molar-refractivity contribution in [1.82, 2.24) is 4.57 Å². The molecule has 0 N–H and O–H groups in total. The van der Waals surface area contributed by atoms with Crippen molar-refractivity contribution in [1.29, 1.82) is 0 Å². The summed E-state index contributed by atoms with van der Waals surface area (Å²) in [6.45, 7) is 0.572. The summed E-state index contributed by atoms with van der Waals surface area (Å²) in [7, 11) is 0. The monoisotopic (exact) mass is 651 g/mol. The molecule has 0 radical (unpaired) electrons. The van der Waals surface area contributed by atoms with Crippen LogP contribution in [-0.4, -0.2) is 4.57 Å². The van der Waals surface area contributed by atoms with Crippen LogP contribution in [-0.2, 0) is 12.0 Å². The van der Waals surface area contributed by atoms with Crippen LogP contribution in [0, 0.1) is 0 Å². The Labute approximate surface area is 285 Å². The highest BCUT2D eigenvalue weighted by atomic mass is 32.2. The summed E-state index contributed by atoms with van der Waals surface area (Å²) in [6.07, 6.45) is 0. The molecule has 4 heteroatoms. The Morgan fingerprint density at radius 2 is 1.19 bits per heavy atom. The number of nitrogens with zero attached hydrogens (tertiary/aromatic N) is 1. The van der Waals surface area contributed by atoms with Gasteiger partial charge in [0, 0.05) is 47.9 Å². The average molecular weight is 652 g/mol. The second kappa shape index (κ2) is 9.70. The number of aromatic nitrogens is 1. The van der Waals surface area contributed by atoms with Crippen molar-refractivity contribution in [3.63, 3.8) is 0 Å². The van der Waals surface area contributed by atoms with Crippen LogP contribution in [0.2, 0.25) is 0 Å². The van der Waals surface area contributed by atoms with Crippen LogP contribution < -0.4 is 0 Å². The molecule has 2 aliphatic carbocycles. The summed E-state index contributed by atoms with van der Waals surface area (Å²) in [6, 6.07) is 53.1. The second-order valence-corrected chi connectivity index (χ2v) is 14.7. The number of thiophene rings is 1. The number of hydrogen-bond donors (Lipinski definition) is 0. The lowest BCUT2D eigenvalue weighted by Crippen LogP contribution is -2.25. The van der Waals surface area contributed by atoms with E-state index in [0.29, 0.717) is 23.6 Å². The van der Waals surface area contributed by atoms with Gasteiger partial charge in [-0.3, -0.25) is 0 Å². The lowest BCUT2D eigenvalue weighted by atomic mass is 9.70. The zero-order chi connectivity index (χ0) is 31.6. The van der Waals surface area contributed by atoms with Crippen molar-refractivity contribution >= 4 is 65.5 Å². The zero-order valence-electron chi connectivity index (χ0n) is 25.7. The largest absolute Gasteiger partial charge is 0.335 e. The molecule has 0 atom stereocenters. The van der Waals surface area contributed by atoms with Gasteiger partial charge < -0.3 is 4.57 Å². The molecule has 0 saturated carbocycles. The Balaban J connectivity index is 1.32. The van der Waals surface area contributed by atoms with Crippen LogP contribution in [0.15, 0.2) is 150 Å². The van der Waals surface area contributed by atoms with E-state index >= 15 is 0 Å². The topological polar surface area (TPSA) is 4.93 Å². The molecule has 0 unspecified atom stereocenters. The maximum absolute atomic E-state index is 14.4. The zero-order valence-corrected chi connectivity index (χ0v) is 27.3. The fourth-order valence-corrected chi connectivity index (χ4v) is 10.5. The minimum atomic E-state index is -0.419. The SMILES string of the molecule is FSc1ccccc1Cn1c2cc3sc4ccccc4c3cc2c2ccc3c(c21)-c1ccccc1C31c2ccccc2-c2ccccc21. The minimum Gasteiger partial charge on any atom is -0.335 e. The van der Waals surface area contributed by atoms with E-state index in [0.717, 1.165) is 5.56 Å². The van der Waals surface area contributed by atoms with Crippen LogP contribution in [0.25, 0.3) is 64.2 Å². The van der Waals surface area contributed by atoms with E-state index in [9.17, 15) is 3.89 Å². The Morgan fingerprint density at radius 3 is 1.96 bits per heavy atom. The van der Waals surface area contributed by atoms with Gasteiger partial charge in [0.05, 0.1) is 28.6 Å². The molecule has 0 bridgehead atoms. The number of fused-ring (bicyclic) bond motifs is 17. The van der Waals surface area contributed by atoms with Crippen LogP contribution in [0.3, 0.4) is 0 Å².